The zero-order chi connectivity index (χ0) is 15.7. The summed E-state index contributed by atoms with van der Waals surface area (Å²) in [6.07, 6.45) is -19.8. The van der Waals surface area contributed by atoms with Crippen LogP contribution in [-0.4, -0.2) is 30.1 Å². The van der Waals surface area contributed by atoms with Gasteiger partial charge in [-0.05, 0) is 0 Å². The summed E-state index contributed by atoms with van der Waals surface area (Å²) >= 11 is 0. The molecule has 0 radical (unpaired) electrons. The molecule has 112 valence electrons. The molecular formula is C7F12. The minimum atomic E-state index is -6.85. The Labute approximate surface area is 95.2 Å². The van der Waals surface area contributed by atoms with Crippen LogP contribution < -0.4 is 0 Å². The van der Waals surface area contributed by atoms with Gasteiger partial charge in [0.1, 0.15) is 11.1 Å². The van der Waals surface area contributed by atoms with Crippen LogP contribution in [-0.2, 0) is 0 Å². The fourth-order valence-corrected chi connectivity index (χ4v) is 1.57. The van der Waals surface area contributed by atoms with Gasteiger partial charge in [0.25, 0.3) is 0 Å². The van der Waals surface area contributed by atoms with Crippen molar-refractivity contribution in [2.75, 3.05) is 0 Å². The first-order valence-corrected chi connectivity index (χ1v) is 4.02. The number of hydrogen-bond donors (Lipinski definition) is 0. The number of hydrogen-bond acceptors (Lipinski definition) is 0. The lowest BCUT2D eigenvalue weighted by molar-refractivity contribution is -0.324. The maximum absolute atomic E-state index is 13.0. The second kappa shape index (κ2) is 3.51. The van der Waals surface area contributed by atoms with Crippen LogP contribution in [0, 0.1) is 0 Å². The van der Waals surface area contributed by atoms with Crippen molar-refractivity contribution >= 4 is 0 Å². The third kappa shape index (κ3) is 1.86. The molecule has 0 bridgehead atoms. The molecule has 0 aromatic heterocycles. The minimum absolute atomic E-state index is 3.87. The molecule has 1 rings (SSSR count). The molecule has 0 spiro atoms. The summed E-state index contributed by atoms with van der Waals surface area (Å²) in [5.41, 5.74) is -14.2. The summed E-state index contributed by atoms with van der Waals surface area (Å²) in [4.78, 5) is 0. The molecule has 0 saturated carbocycles. The second-order valence-corrected chi connectivity index (χ2v) is 3.48. The SMILES string of the molecule is FC(F)(F)C1=C(C(F)(F)F)C(F)(C(F)(F)F)C1(F)F. The van der Waals surface area contributed by atoms with Gasteiger partial charge < -0.3 is 0 Å². The smallest absolute Gasteiger partial charge is 0.221 e. The molecule has 0 fully saturated rings. The topological polar surface area (TPSA) is 0 Å². The zero-order valence-corrected chi connectivity index (χ0v) is 8.04. The van der Waals surface area contributed by atoms with E-state index in [4.69, 9.17) is 0 Å². The monoisotopic (exact) mass is 312 g/mol. The number of alkyl halides is 12. The Balaban J connectivity index is 3.70. The number of halogens is 12. The van der Waals surface area contributed by atoms with Gasteiger partial charge in [0.05, 0.1) is 0 Å². The highest BCUT2D eigenvalue weighted by Crippen LogP contribution is 2.68. The molecule has 0 heterocycles. The van der Waals surface area contributed by atoms with E-state index < -0.39 is 41.3 Å². The van der Waals surface area contributed by atoms with Crippen molar-refractivity contribution in [2.45, 2.75) is 30.1 Å². The van der Waals surface area contributed by atoms with Crippen LogP contribution >= 0.6 is 0 Å². The van der Waals surface area contributed by atoms with Crippen LogP contribution in [0.3, 0.4) is 0 Å². The summed E-state index contributed by atoms with van der Waals surface area (Å²) < 4.78 is 146. The fourth-order valence-electron chi connectivity index (χ4n) is 1.57. The highest BCUT2D eigenvalue weighted by molar-refractivity contribution is 5.53. The van der Waals surface area contributed by atoms with Crippen molar-refractivity contribution in [1.82, 2.24) is 0 Å². The first kappa shape index (κ1) is 16.0. The van der Waals surface area contributed by atoms with Gasteiger partial charge in [-0.1, -0.05) is 0 Å². The average Bonchev–Trinajstić information content (AvgIpc) is 2.06. The van der Waals surface area contributed by atoms with Crippen LogP contribution in [0.5, 0.6) is 0 Å². The standard InChI is InChI=1S/C7F12/c8-3(7(17,18)19)1(5(11,12)13)2(4(3,9)10)6(14,15)16. The van der Waals surface area contributed by atoms with Gasteiger partial charge in [0.2, 0.25) is 0 Å². The summed E-state index contributed by atoms with van der Waals surface area (Å²) in [5.74, 6) is -6.37. The van der Waals surface area contributed by atoms with E-state index >= 15 is 0 Å². The highest BCUT2D eigenvalue weighted by Gasteiger charge is 2.89. The Morgan fingerprint density at radius 2 is 0.895 bits per heavy atom. The molecule has 0 aromatic carbocycles. The van der Waals surface area contributed by atoms with Gasteiger partial charge in [-0.3, -0.25) is 0 Å². The van der Waals surface area contributed by atoms with E-state index in [-0.39, 0.29) is 0 Å². The van der Waals surface area contributed by atoms with Crippen molar-refractivity contribution in [3.63, 3.8) is 0 Å². The van der Waals surface area contributed by atoms with Crippen molar-refractivity contribution in [2.24, 2.45) is 0 Å². The highest BCUT2D eigenvalue weighted by atomic mass is 19.4. The Morgan fingerprint density at radius 3 is 1.11 bits per heavy atom. The molecule has 0 N–H and O–H groups in total. The molecule has 1 atom stereocenters. The maximum atomic E-state index is 13.0. The van der Waals surface area contributed by atoms with Crippen LogP contribution in [0.2, 0.25) is 0 Å². The molecule has 12 heteroatoms. The lowest BCUT2D eigenvalue weighted by Crippen LogP contribution is -2.69. The van der Waals surface area contributed by atoms with Gasteiger partial charge in [0.15, 0.2) is 0 Å². The lowest BCUT2D eigenvalue weighted by Gasteiger charge is -2.47. The molecule has 0 nitrogen and oxygen atoms in total. The molecule has 19 heavy (non-hydrogen) atoms. The molecule has 0 saturated heterocycles. The van der Waals surface area contributed by atoms with E-state index in [1.807, 2.05) is 0 Å². The first-order chi connectivity index (χ1) is 7.99. The largest absolute Gasteiger partial charge is 0.433 e. The van der Waals surface area contributed by atoms with E-state index in [0.29, 0.717) is 0 Å². The summed E-state index contributed by atoms with van der Waals surface area (Å²) in [7, 11) is 0. The molecule has 1 aliphatic carbocycles. The molecule has 0 amide bonds. The molecule has 1 unspecified atom stereocenters. The van der Waals surface area contributed by atoms with Crippen LogP contribution in [0.4, 0.5) is 52.7 Å². The van der Waals surface area contributed by atoms with E-state index in [9.17, 15) is 52.7 Å². The summed E-state index contributed by atoms with van der Waals surface area (Å²) in [6, 6.07) is 0. The van der Waals surface area contributed by atoms with Crippen LogP contribution in [0.15, 0.2) is 11.1 Å². The van der Waals surface area contributed by atoms with Gasteiger partial charge in [-0.25, -0.2) is 4.39 Å². The van der Waals surface area contributed by atoms with Gasteiger partial charge >= 0.3 is 30.1 Å². The third-order valence-electron chi connectivity index (χ3n) is 2.30. The van der Waals surface area contributed by atoms with E-state index in [0.717, 1.165) is 0 Å². The molecule has 0 aromatic rings. The normalized spacial score (nSPS) is 28.4. The van der Waals surface area contributed by atoms with Crippen molar-refractivity contribution in [3.8, 4) is 0 Å². The predicted octanol–water partition coefficient (Wildman–Crippen LogP) is 4.33. The second-order valence-electron chi connectivity index (χ2n) is 3.48. The predicted molar refractivity (Wildman–Crippen MR) is 34.0 cm³/mol. The van der Waals surface area contributed by atoms with Crippen LogP contribution in [0.25, 0.3) is 0 Å². The molecule has 1 aliphatic rings. The van der Waals surface area contributed by atoms with Gasteiger partial charge in [-0.15, -0.1) is 0 Å². The van der Waals surface area contributed by atoms with E-state index in [1.165, 1.54) is 0 Å². The zero-order valence-electron chi connectivity index (χ0n) is 8.04. The van der Waals surface area contributed by atoms with Gasteiger partial charge in [-0.2, -0.15) is 48.3 Å². The number of rotatable bonds is 0. The first-order valence-electron chi connectivity index (χ1n) is 4.02. The average molecular weight is 312 g/mol. The Bertz CT molecular complexity index is 417. The van der Waals surface area contributed by atoms with E-state index in [1.54, 1.807) is 0 Å². The number of allylic oxidation sites excluding steroid dienone is 2. The fraction of sp³-hybridized carbons (Fsp3) is 0.714. The summed E-state index contributed by atoms with van der Waals surface area (Å²) in [5, 5.41) is 0. The minimum Gasteiger partial charge on any atom is -0.221 e. The maximum Gasteiger partial charge on any atom is 0.433 e. The Hall–Kier alpha value is -1.10. The van der Waals surface area contributed by atoms with E-state index in [2.05, 4.69) is 0 Å². The van der Waals surface area contributed by atoms with Crippen molar-refractivity contribution < 1.29 is 52.7 Å². The Kier molecular flexibility index (Phi) is 2.95. The molecular weight excluding hydrogens is 312 g/mol. The quantitative estimate of drug-likeness (QED) is 0.461. The summed E-state index contributed by atoms with van der Waals surface area (Å²) in [6.45, 7) is 0. The molecule has 0 aliphatic heterocycles. The lowest BCUT2D eigenvalue weighted by atomic mass is 9.69. The van der Waals surface area contributed by atoms with Crippen molar-refractivity contribution in [1.29, 1.82) is 0 Å². The van der Waals surface area contributed by atoms with Crippen LogP contribution in [0.1, 0.15) is 0 Å². The third-order valence-corrected chi connectivity index (χ3v) is 2.30. The Morgan fingerprint density at radius 1 is 0.579 bits per heavy atom. The van der Waals surface area contributed by atoms with Gasteiger partial charge in [0, 0.05) is 0 Å². The van der Waals surface area contributed by atoms with Crippen molar-refractivity contribution in [3.05, 3.63) is 11.1 Å².